The van der Waals surface area contributed by atoms with Crippen LogP contribution < -0.4 is 14.8 Å². The molecule has 0 unspecified atom stereocenters. The lowest BCUT2D eigenvalue weighted by atomic mass is 10.3. The van der Waals surface area contributed by atoms with Gasteiger partial charge >= 0.3 is 0 Å². The normalized spacial score (nSPS) is 11.2. The van der Waals surface area contributed by atoms with E-state index in [2.05, 4.69) is 10.0 Å². The van der Waals surface area contributed by atoms with Crippen molar-refractivity contribution in [1.82, 2.24) is 10.0 Å². The lowest BCUT2D eigenvalue weighted by Gasteiger charge is -2.09. The fraction of sp³-hybridized carbons (Fsp3) is 0.235. The smallest absolute Gasteiger partial charge is 0.240 e. The summed E-state index contributed by atoms with van der Waals surface area (Å²) < 4.78 is 44.4. The van der Waals surface area contributed by atoms with E-state index in [1.54, 1.807) is 24.3 Å². The first-order valence-corrected chi connectivity index (χ1v) is 10.2. The molecule has 0 saturated heterocycles. The van der Waals surface area contributed by atoms with Crippen LogP contribution in [0.15, 0.2) is 58.3 Å². The molecular weight excluding hydrogens is 379 g/mol. The van der Waals surface area contributed by atoms with Crippen molar-refractivity contribution >= 4 is 27.7 Å². The highest BCUT2D eigenvalue weighted by Gasteiger charge is 2.13. The SMILES string of the molecule is COc1ccc(S(=O)(=O)NCCNC(=O)CSc2ccc(F)cc2)cc1. The second kappa shape index (κ2) is 9.56. The Labute approximate surface area is 156 Å². The number of hydrogen-bond donors (Lipinski definition) is 2. The monoisotopic (exact) mass is 398 g/mol. The molecule has 0 saturated carbocycles. The number of ether oxygens (including phenoxy) is 1. The van der Waals surface area contributed by atoms with E-state index in [0.29, 0.717) is 5.75 Å². The van der Waals surface area contributed by atoms with Crippen LogP contribution in [-0.4, -0.2) is 40.3 Å². The van der Waals surface area contributed by atoms with Gasteiger partial charge in [-0.1, -0.05) is 0 Å². The van der Waals surface area contributed by atoms with Crippen molar-refractivity contribution in [3.05, 3.63) is 54.3 Å². The Morgan fingerprint density at radius 2 is 1.73 bits per heavy atom. The van der Waals surface area contributed by atoms with Crippen molar-refractivity contribution in [2.24, 2.45) is 0 Å². The standard InChI is InChI=1S/C17H19FN2O4S2/c1-24-14-4-8-16(9-5-14)26(22,23)20-11-10-19-17(21)12-25-15-6-2-13(18)3-7-15/h2-9,20H,10-12H2,1H3,(H,19,21). The molecule has 0 fully saturated rings. The number of hydrogen-bond acceptors (Lipinski definition) is 5. The number of carbonyl (C=O) groups is 1. The van der Waals surface area contributed by atoms with E-state index in [1.165, 1.54) is 43.1 Å². The molecule has 0 bridgehead atoms. The van der Waals surface area contributed by atoms with E-state index < -0.39 is 10.0 Å². The minimum atomic E-state index is -3.64. The van der Waals surface area contributed by atoms with Crippen molar-refractivity contribution in [3.63, 3.8) is 0 Å². The average molecular weight is 398 g/mol. The van der Waals surface area contributed by atoms with Crippen LogP contribution >= 0.6 is 11.8 Å². The number of methoxy groups -OCH3 is 1. The topological polar surface area (TPSA) is 84.5 Å². The van der Waals surface area contributed by atoms with E-state index in [4.69, 9.17) is 4.74 Å². The zero-order valence-electron chi connectivity index (χ0n) is 14.1. The molecule has 140 valence electrons. The summed E-state index contributed by atoms with van der Waals surface area (Å²) in [5.41, 5.74) is 0. The van der Waals surface area contributed by atoms with Crippen LogP contribution in [0.1, 0.15) is 0 Å². The third-order valence-corrected chi connectivity index (χ3v) is 5.78. The Morgan fingerprint density at radius 3 is 2.35 bits per heavy atom. The fourth-order valence-corrected chi connectivity index (χ4v) is 3.72. The molecule has 6 nitrogen and oxygen atoms in total. The molecule has 2 aromatic rings. The van der Waals surface area contributed by atoms with Gasteiger partial charge in [-0.2, -0.15) is 0 Å². The maximum absolute atomic E-state index is 12.8. The van der Waals surface area contributed by atoms with Gasteiger partial charge in [0.15, 0.2) is 0 Å². The van der Waals surface area contributed by atoms with Gasteiger partial charge in [0.05, 0.1) is 17.8 Å². The minimum absolute atomic E-state index is 0.0708. The lowest BCUT2D eigenvalue weighted by molar-refractivity contribution is -0.118. The third-order valence-electron chi connectivity index (χ3n) is 3.29. The molecule has 0 aliphatic rings. The van der Waals surface area contributed by atoms with E-state index in [0.717, 1.165) is 4.90 Å². The van der Waals surface area contributed by atoms with Crippen LogP contribution in [0.25, 0.3) is 0 Å². The third kappa shape index (κ3) is 6.32. The Balaban J connectivity index is 1.71. The van der Waals surface area contributed by atoms with E-state index in [-0.39, 0.29) is 35.5 Å². The van der Waals surface area contributed by atoms with Gasteiger partial charge in [-0.15, -0.1) is 11.8 Å². The molecule has 0 aromatic heterocycles. The summed E-state index contributed by atoms with van der Waals surface area (Å²) in [6.45, 7) is 0.236. The highest BCUT2D eigenvalue weighted by molar-refractivity contribution is 8.00. The Bertz CT molecular complexity index is 825. The summed E-state index contributed by atoms with van der Waals surface area (Å²) >= 11 is 1.27. The van der Waals surface area contributed by atoms with Crippen molar-refractivity contribution < 1.29 is 22.3 Å². The van der Waals surface area contributed by atoms with Crippen molar-refractivity contribution in [3.8, 4) is 5.75 Å². The molecule has 2 N–H and O–H groups in total. The fourth-order valence-electron chi connectivity index (χ4n) is 1.96. The Hall–Kier alpha value is -2.10. The van der Waals surface area contributed by atoms with Gasteiger partial charge in [0.2, 0.25) is 15.9 Å². The summed E-state index contributed by atoms with van der Waals surface area (Å²) in [4.78, 5) is 12.7. The molecular formula is C17H19FN2O4S2. The van der Waals surface area contributed by atoms with Crippen molar-refractivity contribution in [2.45, 2.75) is 9.79 Å². The zero-order chi connectivity index (χ0) is 19.0. The number of sulfonamides is 1. The first-order valence-electron chi connectivity index (χ1n) is 7.69. The maximum Gasteiger partial charge on any atom is 0.240 e. The van der Waals surface area contributed by atoms with E-state index >= 15 is 0 Å². The maximum atomic E-state index is 12.8. The van der Waals surface area contributed by atoms with Crippen LogP contribution in [-0.2, 0) is 14.8 Å². The number of nitrogens with one attached hydrogen (secondary N) is 2. The van der Waals surface area contributed by atoms with E-state index in [9.17, 15) is 17.6 Å². The number of rotatable bonds is 9. The molecule has 2 aromatic carbocycles. The largest absolute Gasteiger partial charge is 0.497 e. The molecule has 0 heterocycles. The van der Waals surface area contributed by atoms with Gasteiger partial charge in [0.1, 0.15) is 11.6 Å². The number of thioether (sulfide) groups is 1. The van der Waals surface area contributed by atoms with Crippen molar-refractivity contribution in [2.75, 3.05) is 26.0 Å². The molecule has 0 aliphatic carbocycles. The quantitative estimate of drug-likeness (QED) is 0.499. The highest BCUT2D eigenvalue weighted by atomic mass is 32.2. The highest BCUT2D eigenvalue weighted by Crippen LogP contribution is 2.17. The molecule has 0 atom stereocenters. The molecule has 2 rings (SSSR count). The molecule has 1 amide bonds. The van der Waals surface area contributed by atoms with Gasteiger partial charge in [-0.25, -0.2) is 17.5 Å². The molecule has 0 radical (unpaired) electrons. The van der Waals surface area contributed by atoms with Crippen molar-refractivity contribution in [1.29, 1.82) is 0 Å². The number of amides is 1. The number of carbonyl (C=O) groups excluding carboxylic acids is 1. The van der Waals surface area contributed by atoms with Crippen LogP contribution in [0, 0.1) is 5.82 Å². The van der Waals surface area contributed by atoms with Crippen LogP contribution in [0.2, 0.25) is 0 Å². The lowest BCUT2D eigenvalue weighted by Crippen LogP contribution is -2.35. The predicted octanol–water partition coefficient (Wildman–Crippen LogP) is 2.02. The molecule has 26 heavy (non-hydrogen) atoms. The number of benzene rings is 2. The predicted molar refractivity (Wildman–Crippen MR) is 98.3 cm³/mol. The van der Waals surface area contributed by atoms with Crippen LogP contribution in [0.5, 0.6) is 5.75 Å². The van der Waals surface area contributed by atoms with E-state index in [1.807, 2.05) is 0 Å². The van der Waals surface area contributed by atoms with Crippen LogP contribution in [0.3, 0.4) is 0 Å². The van der Waals surface area contributed by atoms with Gasteiger partial charge in [-0.05, 0) is 48.5 Å². The summed E-state index contributed by atoms with van der Waals surface area (Å²) in [6.07, 6.45) is 0. The zero-order valence-corrected chi connectivity index (χ0v) is 15.7. The van der Waals surface area contributed by atoms with Gasteiger partial charge in [0.25, 0.3) is 0 Å². The second-order valence-electron chi connectivity index (χ2n) is 5.17. The van der Waals surface area contributed by atoms with Gasteiger partial charge in [-0.3, -0.25) is 4.79 Å². The average Bonchev–Trinajstić information content (AvgIpc) is 2.65. The first kappa shape index (κ1) is 20.2. The Kier molecular flexibility index (Phi) is 7.43. The number of halogens is 1. The van der Waals surface area contributed by atoms with Gasteiger partial charge < -0.3 is 10.1 Å². The summed E-state index contributed by atoms with van der Waals surface area (Å²) in [5.74, 6) is 0.164. The molecule has 9 heteroatoms. The minimum Gasteiger partial charge on any atom is -0.497 e. The Morgan fingerprint density at radius 1 is 1.08 bits per heavy atom. The summed E-state index contributed by atoms with van der Waals surface area (Å²) in [5, 5.41) is 2.63. The first-order chi connectivity index (χ1) is 12.4. The summed E-state index contributed by atoms with van der Waals surface area (Å²) in [7, 11) is -2.14. The molecule has 0 spiro atoms. The molecule has 0 aliphatic heterocycles. The second-order valence-corrected chi connectivity index (χ2v) is 7.98. The van der Waals surface area contributed by atoms with Gasteiger partial charge in [0, 0.05) is 18.0 Å². The summed E-state index contributed by atoms with van der Waals surface area (Å²) in [6, 6.07) is 11.8. The van der Waals surface area contributed by atoms with Crippen LogP contribution in [0.4, 0.5) is 4.39 Å².